The number of nitrogens with two attached hydrogens (primary N) is 2. The maximum Gasteiger partial charge on any atom is 0.247 e. The average Bonchev–Trinajstić information content (AvgIpc) is 3.56. The van der Waals surface area contributed by atoms with Gasteiger partial charge in [-0.15, -0.1) is 5.10 Å². The molecule has 35 heavy (non-hydrogen) atoms. The lowest BCUT2D eigenvalue weighted by molar-refractivity contribution is -0.0927. The van der Waals surface area contributed by atoms with Crippen LogP contribution < -0.4 is 27.0 Å². The molecule has 0 unspecified atom stereocenters. The molecular formula is C23H32ClN9O2. The van der Waals surface area contributed by atoms with Gasteiger partial charge in [-0.25, -0.2) is 9.50 Å². The van der Waals surface area contributed by atoms with E-state index in [2.05, 4.69) is 25.6 Å². The van der Waals surface area contributed by atoms with Crippen molar-refractivity contribution in [3.8, 4) is 0 Å². The Kier molecular flexibility index (Phi) is 6.45. The molecule has 2 fully saturated rings. The Balaban J connectivity index is 1.51. The first-order valence-corrected chi connectivity index (χ1v) is 12.2. The molecule has 11 nitrogen and oxygen atoms in total. The lowest BCUT2D eigenvalue weighted by Gasteiger charge is -2.40. The third kappa shape index (κ3) is 5.00. The molecule has 1 aromatic carbocycles. The number of ether oxygens (including phenoxy) is 1. The van der Waals surface area contributed by atoms with Gasteiger partial charge < -0.3 is 36.8 Å². The fraction of sp³-hybridized carbons (Fsp3) is 0.522. The van der Waals surface area contributed by atoms with Gasteiger partial charge in [0.25, 0.3) is 0 Å². The number of rotatable bonds is 8. The molecule has 188 valence electrons. The van der Waals surface area contributed by atoms with E-state index in [9.17, 15) is 5.11 Å². The van der Waals surface area contributed by atoms with Gasteiger partial charge in [0.15, 0.2) is 11.5 Å². The molecule has 1 atom stereocenters. The summed E-state index contributed by atoms with van der Waals surface area (Å²) in [4.78, 5) is 11.3. The van der Waals surface area contributed by atoms with Crippen molar-refractivity contribution in [2.75, 3.05) is 35.2 Å². The molecule has 7 N–H and O–H groups in total. The van der Waals surface area contributed by atoms with Gasteiger partial charge in [0, 0.05) is 32.2 Å². The maximum atomic E-state index is 10.5. The zero-order valence-corrected chi connectivity index (χ0v) is 20.7. The van der Waals surface area contributed by atoms with Gasteiger partial charge in [-0.3, -0.25) is 0 Å². The van der Waals surface area contributed by atoms with Gasteiger partial charge in [-0.1, -0.05) is 11.6 Å². The Hall–Kier alpha value is -2.70. The molecular weight excluding hydrogens is 470 g/mol. The van der Waals surface area contributed by atoms with Crippen LogP contribution in [0.4, 0.5) is 23.1 Å². The van der Waals surface area contributed by atoms with E-state index in [-0.39, 0.29) is 6.10 Å². The average molecular weight is 502 g/mol. The number of morpholine rings is 1. The summed E-state index contributed by atoms with van der Waals surface area (Å²) < 4.78 is 7.51. The minimum atomic E-state index is -0.975. The highest BCUT2D eigenvalue weighted by Crippen LogP contribution is 2.37. The highest BCUT2D eigenvalue weighted by atomic mass is 35.5. The van der Waals surface area contributed by atoms with Crippen molar-refractivity contribution in [1.82, 2.24) is 19.6 Å². The molecule has 2 aliphatic rings. The van der Waals surface area contributed by atoms with Gasteiger partial charge in [0.05, 0.1) is 40.5 Å². The quantitative estimate of drug-likeness (QED) is 0.309. The van der Waals surface area contributed by atoms with Crippen LogP contribution in [-0.2, 0) is 17.8 Å². The number of aromatic nitrogens is 4. The normalized spacial score (nSPS) is 18.8. The first-order valence-electron chi connectivity index (χ1n) is 11.9. The van der Waals surface area contributed by atoms with E-state index >= 15 is 0 Å². The van der Waals surface area contributed by atoms with Crippen molar-refractivity contribution in [2.45, 2.75) is 57.5 Å². The molecule has 2 aromatic heterocycles. The van der Waals surface area contributed by atoms with Crippen LogP contribution in [0, 0.1) is 0 Å². The Morgan fingerprint density at radius 2 is 2.06 bits per heavy atom. The molecule has 1 aliphatic carbocycles. The van der Waals surface area contributed by atoms with Gasteiger partial charge in [-0.05, 0) is 44.4 Å². The highest BCUT2D eigenvalue weighted by molar-refractivity contribution is 6.36. The number of anilines is 4. The number of halogens is 1. The number of benzene rings is 1. The van der Waals surface area contributed by atoms with Crippen molar-refractivity contribution in [1.29, 1.82) is 0 Å². The highest BCUT2D eigenvalue weighted by Gasteiger charge is 2.33. The van der Waals surface area contributed by atoms with E-state index in [1.54, 1.807) is 24.6 Å². The van der Waals surface area contributed by atoms with Crippen LogP contribution in [0.1, 0.15) is 37.9 Å². The summed E-state index contributed by atoms with van der Waals surface area (Å²) in [6.07, 6.45) is 3.57. The van der Waals surface area contributed by atoms with Crippen molar-refractivity contribution in [2.24, 2.45) is 11.5 Å². The van der Waals surface area contributed by atoms with E-state index in [0.29, 0.717) is 67.0 Å². The summed E-state index contributed by atoms with van der Waals surface area (Å²) in [5.41, 5.74) is 14.7. The van der Waals surface area contributed by atoms with E-state index in [4.69, 9.17) is 32.8 Å². The molecule has 0 spiro atoms. The number of hydrogen-bond donors (Lipinski definition) is 5. The number of hydrogen-bond acceptors (Lipinski definition) is 10. The largest absolute Gasteiger partial charge is 0.388 e. The first kappa shape index (κ1) is 24.0. The number of aliphatic hydroxyl groups is 1. The minimum Gasteiger partial charge on any atom is -0.388 e. The van der Waals surface area contributed by atoms with Crippen molar-refractivity contribution >= 4 is 40.4 Å². The Morgan fingerprint density at radius 1 is 1.26 bits per heavy atom. The van der Waals surface area contributed by atoms with E-state index in [1.807, 2.05) is 12.1 Å². The second kappa shape index (κ2) is 9.40. The predicted molar refractivity (Wildman–Crippen MR) is 136 cm³/mol. The monoisotopic (exact) mass is 501 g/mol. The molecule has 1 saturated carbocycles. The van der Waals surface area contributed by atoms with E-state index in [1.165, 1.54) is 0 Å². The van der Waals surface area contributed by atoms with Crippen LogP contribution in [0.15, 0.2) is 18.3 Å². The molecule has 5 rings (SSSR count). The van der Waals surface area contributed by atoms with Crippen LogP contribution >= 0.6 is 11.6 Å². The molecule has 0 amide bonds. The Bertz CT molecular complexity index is 1220. The van der Waals surface area contributed by atoms with Crippen molar-refractivity contribution in [3.63, 3.8) is 0 Å². The van der Waals surface area contributed by atoms with Crippen LogP contribution in [0.3, 0.4) is 0 Å². The Labute approximate surface area is 208 Å². The van der Waals surface area contributed by atoms with Gasteiger partial charge in [-0.2, -0.15) is 4.98 Å². The molecule has 12 heteroatoms. The van der Waals surface area contributed by atoms with Crippen LogP contribution in [0.2, 0.25) is 5.02 Å². The predicted octanol–water partition coefficient (Wildman–Crippen LogP) is 1.99. The third-order valence-corrected chi connectivity index (χ3v) is 6.75. The zero-order chi connectivity index (χ0) is 24.7. The summed E-state index contributed by atoms with van der Waals surface area (Å²) in [5.74, 6) is 1.02. The van der Waals surface area contributed by atoms with Crippen LogP contribution in [-0.4, -0.2) is 62.1 Å². The zero-order valence-electron chi connectivity index (χ0n) is 20.0. The molecule has 0 radical (unpaired) electrons. The summed E-state index contributed by atoms with van der Waals surface area (Å²) in [7, 11) is 0. The summed E-state index contributed by atoms with van der Waals surface area (Å²) >= 11 is 6.91. The fourth-order valence-electron chi connectivity index (χ4n) is 4.16. The van der Waals surface area contributed by atoms with E-state index < -0.39 is 5.60 Å². The third-order valence-electron chi connectivity index (χ3n) is 6.35. The summed E-state index contributed by atoms with van der Waals surface area (Å²) in [6, 6.07) is 4.27. The van der Waals surface area contributed by atoms with Crippen LogP contribution in [0.25, 0.3) is 5.65 Å². The van der Waals surface area contributed by atoms with Crippen LogP contribution in [0.5, 0.6) is 0 Å². The second-order valence-electron chi connectivity index (χ2n) is 9.66. The molecule has 3 aromatic rings. The van der Waals surface area contributed by atoms with Gasteiger partial charge >= 0.3 is 0 Å². The van der Waals surface area contributed by atoms with Gasteiger partial charge in [0.1, 0.15) is 6.10 Å². The topological polar surface area (TPSA) is 152 Å². The van der Waals surface area contributed by atoms with Crippen molar-refractivity contribution < 1.29 is 9.84 Å². The molecule has 1 saturated heterocycles. The Morgan fingerprint density at radius 3 is 2.74 bits per heavy atom. The summed E-state index contributed by atoms with van der Waals surface area (Å²) in [6.45, 7) is 5.77. The number of nitrogens with one attached hydrogen (secondary N) is 2. The summed E-state index contributed by atoms with van der Waals surface area (Å²) in [5, 5.41) is 22.3. The number of nitrogens with zero attached hydrogens (tertiary/aromatic N) is 5. The lowest BCUT2D eigenvalue weighted by Crippen LogP contribution is -2.52. The van der Waals surface area contributed by atoms with Crippen molar-refractivity contribution in [3.05, 3.63) is 34.6 Å². The SMILES string of the molecule is CC(C)(O)[C@@H]1CN(c2cc(CN)cc(Nc3nc(NC4CC4)c4ncc(CN)n4n3)c2Cl)CCO1. The maximum absolute atomic E-state index is 10.5. The second-order valence-corrected chi connectivity index (χ2v) is 10.0. The lowest BCUT2D eigenvalue weighted by atomic mass is 9.99. The smallest absolute Gasteiger partial charge is 0.247 e. The first-order chi connectivity index (χ1) is 16.8. The fourth-order valence-corrected chi connectivity index (χ4v) is 4.44. The molecule has 0 bridgehead atoms. The van der Waals surface area contributed by atoms with E-state index in [0.717, 1.165) is 29.8 Å². The number of imidazole rings is 1. The standard InChI is InChI=1S/C23H32ClN9O2/c1-23(2,34)18-12-32(5-6-35-18)17-8-13(9-25)7-16(19(17)24)29-22-30-20(28-14-3-4-14)21-27-11-15(10-26)33(21)31-22/h7-8,11,14,18,34H,3-6,9-10,12,25-26H2,1-2H3,(H2,28,29,30,31)/t18-/m0/s1. The molecule has 1 aliphatic heterocycles. The number of fused-ring (bicyclic) bond motifs is 1. The van der Waals surface area contributed by atoms with Gasteiger partial charge in [0.2, 0.25) is 5.95 Å². The minimum absolute atomic E-state index is 0.299. The molecule has 3 heterocycles.